The molecule has 1 aliphatic carbocycles. The van der Waals surface area contributed by atoms with Gasteiger partial charge in [-0.15, -0.1) is 0 Å². The van der Waals surface area contributed by atoms with Crippen LogP contribution in [0.15, 0.2) is 53.8 Å². The predicted molar refractivity (Wildman–Crippen MR) is 105 cm³/mol. The zero-order valence-corrected chi connectivity index (χ0v) is 15.8. The lowest BCUT2D eigenvalue weighted by Gasteiger charge is -2.15. The van der Waals surface area contributed by atoms with E-state index >= 15 is 0 Å². The summed E-state index contributed by atoms with van der Waals surface area (Å²) >= 11 is 0. The second-order valence-electron chi connectivity index (χ2n) is 6.79. The summed E-state index contributed by atoms with van der Waals surface area (Å²) in [5.74, 6) is 0.993. The molecule has 3 heterocycles. The van der Waals surface area contributed by atoms with Crippen LogP contribution in [0.4, 0.5) is 20.5 Å². The van der Waals surface area contributed by atoms with E-state index in [-0.39, 0.29) is 23.4 Å². The Bertz CT molecular complexity index is 1030. The molecule has 0 aromatic carbocycles. The smallest absolute Gasteiger partial charge is 0.387 e. The Hall–Kier alpha value is -3.63. The molecule has 3 aromatic heterocycles. The normalized spacial score (nSPS) is 18.4. The maximum atomic E-state index is 12.2. The predicted octanol–water partition coefficient (Wildman–Crippen LogP) is 2.46. The van der Waals surface area contributed by atoms with Gasteiger partial charge in [0.05, 0.1) is 24.3 Å². The Morgan fingerprint density at radius 2 is 1.80 bits per heavy atom. The number of halogens is 2. The first-order valence-electron chi connectivity index (χ1n) is 9.37. The molecular formula is C19H19F2N7O2. The molecule has 3 aromatic rings. The van der Waals surface area contributed by atoms with Crippen molar-refractivity contribution in [2.45, 2.75) is 38.0 Å². The number of rotatable bonds is 7. The molecule has 1 aliphatic rings. The van der Waals surface area contributed by atoms with E-state index in [9.17, 15) is 13.6 Å². The number of nitrogens with one attached hydrogen (secondary N) is 2. The van der Waals surface area contributed by atoms with Crippen molar-refractivity contribution in [1.29, 1.82) is 0 Å². The number of nitrogens with zero attached hydrogens (tertiary/aromatic N) is 5. The number of hydrogen-bond donors (Lipinski definition) is 2. The molecule has 4 rings (SSSR count). The van der Waals surface area contributed by atoms with Crippen LogP contribution in [0.3, 0.4) is 0 Å². The van der Waals surface area contributed by atoms with Gasteiger partial charge in [-0.05, 0) is 37.5 Å². The highest BCUT2D eigenvalue weighted by atomic mass is 19.3. The Kier molecular flexibility index (Phi) is 5.77. The summed E-state index contributed by atoms with van der Waals surface area (Å²) in [6.45, 7) is -2.90. The van der Waals surface area contributed by atoms with E-state index in [4.69, 9.17) is 0 Å². The maximum absolute atomic E-state index is 12.2. The van der Waals surface area contributed by atoms with Gasteiger partial charge in [0.1, 0.15) is 5.82 Å². The van der Waals surface area contributed by atoms with E-state index in [1.807, 2.05) is 6.07 Å². The van der Waals surface area contributed by atoms with Crippen LogP contribution in [0, 0.1) is 0 Å². The van der Waals surface area contributed by atoms with Gasteiger partial charge in [-0.3, -0.25) is 4.79 Å². The molecule has 0 bridgehead atoms. The van der Waals surface area contributed by atoms with E-state index in [1.54, 1.807) is 24.5 Å². The molecular weight excluding hydrogens is 396 g/mol. The molecule has 0 spiro atoms. The van der Waals surface area contributed by atoms with Gasteiger partial charge in [-0.2, -0.15) is 18.6 Å². The van der Waals surface area contributed by atoms with E-state index in [2.05, 4.69) is 35.4 Å². The molecule has 156 valence electrons. The van der Waals surface area contributed by atoms with Gasteiger partial charge >= 0.3 is 6.61 Å². The van der Waals surface area contributed by atoms with Crippen molar-refractivity contribution in [1.82, 2.24) is 24.7 Å². The number of pyridine rings is 1. The van der Waals surface area contributed by atoms with Crippen molar-refractivity contribution in [3.05, 3.63) is 59.4 Å². The van der Waals surface area contributed by atoms with Gasteiger partial charge in [0.25, 0.3) is 5.56 Å². The Morgan fingerprint density at radius 3 is 2.47 bits per heavy atom. The fraction of sp³-hybridized carbons (Fsp3) is 0.316. The van der Waals surface area contributed by atoms with E-state index in [0.717, 1.165) is 19.3 Å². The number of aromatic nitrogens is 5. The maximum Gasteiger partial charge on any atom is 0.387 e. The SMILES string of the molecule is O=c1cccnn1-c1ccc(N[C@H]2CC[C@H](Nc3ncc(OC(F)F)cn3)C2)nc1. The number of anilines is 2. The molecule has 0 saturated heterocycles. The first-order valence-corrected chi connectivity index (χ1v) is 9.37. The molecule has 2 atom stereocenters. The number of ether oxygens (including phenoxy) is 1. The largest absolute Gasteiger partial charge is 0.432 e. The molecule has 2 N–H and O–H groups in total. The summed E-state index contributed by atoms with van der Waals surface area (Å²) in [5, 5.41) is 10.6. The topological polar surface area (TPSA) is 107 Å². The van der Waals surface area contributed by atoms with Crippen molar-refractivity contribution in [3.63, 3.8) is 0 Å². The summed E-state index contributed by atoms with van der Waals surface area (Å²) in [5.41, 5.74) is 0.370. The molecule has 0 unspecified atom stereocenters. The van der Waals surface area contributed by atoms with Crippen molar-refractivity contribution >= 4 is 11.8 Å². The van der Waals surface area contributed by atoms with Crippen molar-refractivity contribution in [3.8, 4) is 11.4 Å². The van der Waals surface area contributed by atoms with E-state index < -0.39 is 6.61 Å². The van der Waals surface area contributed by atoms with Crippen LogP contribution in [0.25, 0.3) is 5.69 Å². The summed E-state index contributed by atoms with van der Waals surface area (Å²) in [6, 6.07) is 6.97. The molecule has 11 heteroatoms. The Morgan fingerprint density at radius 1 is 1.03 bits per heavy atom. The lowest BCUT2D eigenvalue weighted by Crippen LogP contribution is -2.22. The highest BCUT2D eigenvalue weighted by molar-refractivity contribution is 5.41. The van der Waals surface area contributed by atoms with Gasteiger partial charge in [0, 0.05) is 24.3 Å². The molecule has 1 saturated carbocycles. The number of alkyl halides is 2. The zero-order valence-electron chi connectivity index (χ0n) is 15.8. The monoisotopic (exact) mass is 415 g/mol. The molecule has 0 aliphatic heterocycles. The third kappa shape index (κ3) is 4.85. The molecule has 1 fully saturated rings. The van der Waals surface area contributed by atoms with Crippen LogP contribution in [-0.4, -0.2) is 43.4 Å². The molecule has 30 heavy (non-hydrogen) atoms. The molecule has 0 radical (unpaired) electrons. The van der Waals surface area contributed by atoms with Crippen molar-refractivity contribution in [2.75, 3.05) is 10.6 Å². The van der Waals surface area contributed by atoms with Crippen LogP contribution in [0.2, 0.25) is 0 Å². The summed E-state index contributed by atoms with van der Waals surface area (Å²) in [7, 11) is 0. The average Bonchev–Trinajstić information content (AvgIpc) is 3.17. The minimum atomic E-state index is -2.90. The van der Waals surface area contributed by atoms with Crippen molar-refractivity contribution in [2.24, 2.45) is 0 Å². The highest BCUT2D eigenvalue weighted by Crippen LogP contribution is 2.25. The fourth-order valence-corrected chi connectivity index (χ4v) is 3.34. The highest BCUT2D eigenvalue weighted by Gasteiger charge is 2.25. The minimum Gasteiger partial charge on any atom is -0.432 e. The average molecular weight is 415 g/mol. The summed E-state index contributed by atoms with van der Waals surface area (Å²) < 4.78 is 29.9. The fourth-order valence-electron chi connectivity index (χ4n) is 3.34. The van der Waals surface area contributed by atoms with Crippen LogP contribution in [-0.2, 0) is 0 Å². The van der Waals surface area contributed by atoms with Crippen LogP contribution >= 0.6 is 0 Å². The van der Waals surface area contributed by atoms with Gasteiger partial charge in [-0.1, -0.05) is 0 Å². The third-order valence-corrected chi connectivity index (χ3v) is 4.68. The van der Waals surface area contributed by atoms with Crippen LogP contribution in [0.1, 0.15) is 19.3 Å². The second kappa shape index (κ2) is 8.80. The summed E-state index contributed by atoms with van der Waals surface area (Å²) in [6.07, 6.45) is 8.21. The minimum absolute atomic E-state index is 0.0796. The second-order valence-corrected chi connectivity index (χ2v) is 6.79. The Labute approximate surface area is 170 Å². The van der Waals surface area contributed by atoms with Gasteiger partial charge in [0.15, 0.2) is 5.75 Å². The van der Waals surface area contributed by atoms with E-state index in [1.165, 1.54) is 23.1 Å². The molecule has 0 amide bonds. The van der Waals surface area contributed by atoms with Crippen LogP contribution < -0.4 is 20.9 Å². The third-order valence-electron chi connectivity index (χ3n) is 4.68. The van der Waals surface area contributed by atoms with Crippen LogP contribution in [0.5, 0.6) is 5.75 Å². The summed E-state index contributed by atoms with van der Waals surface area (Å²) in [4.78, 5) is 24.2. The first-order chi connectivity index (χ1) is 14.6. The van der Waals surface area contributed by atoms with Gasteiger partial charge < -0.3 is 15.4 Å². The van der Waals surface area contributed by atoms with Gasteiger partial charge in [-0.25, -0.2) is 15.0 Å². The molecule has 9 nitrogen and oxygen atoms in total. The lowest BCUT2D eigenvalue weighted by atomic mass is 10.2. The van der Waals surface area contributed by atoms with Gasteiger partial charge in [0.2, 0.25) is 5.95 Å². The quantitative estimate of drug-likeness (QED) is 0.606. The first kappa shape index (κ1) is 19.7. The number of hydrogen-bond acceptors (Lipinski definition) is 8. The van der Waals surface area contributed by atoms with E-state index in [0.29, 0.717) is 17.5 Å². The van der Waals surface area contributed by atoms with Crippen molar-refractivity contribution < 1.29 is 13.5 Å². The lowest BCUT2D eigenvalue weighted by molar-refractivity contribution is -0.0503. The Balaban J connectivity index is 1.31. The zero-order chi connectivity index (χ0) is 20.9. The standard InChI is InChI=1S/C19H19F2N7O2/c20-18(21)30-15-10-23-19(24-11-15)27-13-4-3-12(8-13)26-16-6-5-14(9-22-16)28-17(29)2-1-7-25-28/h1-2,5-7,9-13,18H,3-4,8H2,(H,22,26)(H,23,24,27)/t12-,13-/m0/s1.